The van der Waals surface area contributed by atoms with Gasteiger partial charge in [0.2, 0.25) is 5.75 Å². The fraction of sp³-hybridized carbons (Fsp3) is 0.125. The summed E-state index contributed by atoms with van der Waals surface area (Å²) in [4.78, 5) is 23.5. The third-order valence-corrected chi connectivity index (χ3v) is 6.83. The van der Waals surface area contributed by atoms with E-state index < -0.39 is 22.3 Å². The third kappa shape index (κ3) is 7.13. The van der Waals surface area contributed by atoms with Crippen LogP contribution in [0.25, 0.3) is 5.69 Å². The summed E-state index contributed by atoms with van der Waals surface area (Å²) in [6, 6.07) is 23.0. The molecule has 2 aromatic heterocycles. The van der Waals surface area contributed by atoms with E-state index in [2.05, 4.69) is 27.2 Å². The normalized spacial score (nSPS) is 11.1. The lowest BCUT2D eigenvalue weighted by atomic mass is 10.2. The van der Waals surface area contributed by atoms with Gasteiger partial charge in [-0.3, -0.25) is 14.9 Å². The van der Waals surface area contributed by atoms with Gasteiger partial charge in [-0.05, 0) is 86.1 Å². The second-order valence-electron chi connectivity index (χ2n) is 9.72. The van der Waals surface area contributed by atoms with Gasteiger partial charge in [-0.15, -0.1) is 0 Å². The Morgan fingerprint density at radius 1 is 1.00 bits per heavy atom. The number of hydrogen-bond acceptors (Lipinski definition) is 7. The van der Waals surface area contributed by atoms with Gasteiger partial charge in [0.15, 0.2) is 5.76 Å². The van der Waals surface area contributed by atoms with Crippen molar-refractivity contribution >= 4 is 29.4 Å². The van der Waals surface area contributed by atoms with Gasteiger partial charge in [-0.25, -0.2) is 9.82 Å². The molecule has 224 valence electrons. The van der Waals surface area contributed by atoms with Gasteiger partial charge in [-0.2, -0.15) is 5.10 Å². The van der Waals surface area contributed by atoms with Crippen molar-refractivity contribution in [2.45, 2.75) is 27.1 Å². The number of carbonyl (C=O) groups excluding carboxylic acids is 1. The number of carbonyl (C=O) groups is 1. The molecule has 0 aliphatic carbocycles. The number of furan rings is 1. The maximum atomic E-state index is 13.1. The van der Waals surface area contributed by atoms with Gasteiger partial charge in [0.05, 0.1) is 16.2 Å². The van der Waals surface area contributed by atoms with E-state index in [1.54, 1.807) is 6.07 Å². The standard InChI is InChI=1S/C32H26ClFN4O6/c1-20-3-4-21(2)37(20)25-9-11-26(12-10-25)42-19-27-13-14-30(44-27)32(39)36-35-17-23-15-28(33)31(29(16-23)38(40)41)43-18-22-5-7-24(34)8-6-22/h3-17H,18-19H2,1-2H3,(H,36,39)/b35-17+. The molecule has 0 saturated carbocycles. The molecule has 0 aliphatic rings. The molecule has 0 saturated heterocycles. The molecule has 0 radical (unpaired) electrons. The van der Waals surface area contributed by atoms with Crippen molar-refractivity contribution < 1.29 is 28.0 Å². The number of nitrogens with one attached hydrogen (secondary N) is 1. The van der Waals surface area contributed by atoms with Crippen molar-refractivity contribution in [3.8, 4) is 17.2 Å². The Balaban J connectivity index is 1.16. The lowest BCUT2D eigenvalue weighted by Crippen LogP contribution is -2.16. The Labute approximate surface area is 256 Å². The zero-order chi connectivity index (χ0) is 31.2. The quantitative estimate of drug-likeness (QED) is 0.0943. The summed E-state index contributed by atoms with van der Waals surface area (Å²) >= 11 is 6.26. The number of halogens is 2. The van der Waals surface area contributed by atoms with E-state index in [4.69, 9.17) is 25.5 Å². The SMILES string of the molecule is Cc1ccc(C)n1-c1ccc(OCc2ccc(C(=O)N/N=C/c3cc(Cl)c(OCc4ccc(F)cc4)c([N+](=O)[O-])c3)o2)cc1. The molecular weight excluding hydrogens is 591 g/mol. The maximum Gasteiger partial charge on any atom is 0.313 e. The molecule has 0 bridgehead atoms. The molecule has 0 fully saturated rings. The lowest BCUT2D eigenvalue weighted by molar-refractivity contribution is -0.385. The first-order chi connectivity index (χ1) is 21.2. The number of ether oxygens (including phenoxy) is 2. The minimum Gasteiger partial charge on any atom is -0.486 e. The second-order valence-corrected chi connectivity index (χ2v) is 10.1. The van der Waals surface area contributed by atoms with Crippen LogP contribution in [0.3, 0.4) is 0 Å². The van der Waals surface area contributed by atoms with E-state index in [-0.39, 0.29) is 35.3 Å². The molecular formula is C32H26ClFN4O6. The van der Waals surface area contributed by atoms with Crippen molar-refractivity contribution in [1.82, 2.24) is 9.99 Å². The summed E-state index contributed by atoms with van der Waals surface area (Å²) in [6.45, 7) is 4.14. The van der Waals surface area contributed by atoms with Gasteiger partial charge in [0.1, 0.15) is 30.5 Å². The summed E-state index contributed by atoms with van der Waals surface area (Å²) in [5.41, 5.74) is 6.06. The number of hydrazone groups is 1. The van der Waals surface area contributed by atoms with Crippen LogP contribution < -0.4 is 14.9 Å². The zero-order valence-corrected chi connectivity index (χ0v) is 24.4. The predicted octanol–water partition coefficient (Wildman–Crippen LogP) is 7.31. The van der Waals surface area contributed by atoms with Crippen LogP contribution in [-0.2, 0) is 13.2 Å². The van der Waals surface area contributed by atoms with E-state index in [1.807, 2.05) is 38.1 Å². The molecule has 0 unspecified atom stereocenters. The van der Waals surface area contributed by atoms with Crippen LogP contribution >= 0.6 is 11.6 Å². The van der Waals surface area contributed by atoms with Gasteiger partial charge in [-0.1, -0.05) is 23.7 Å². The first kappa shape index (κ1) is 30.1. The summed E-state index contributed by atoms with van der Waals surface area (Å²) in [5, 5.41) is 15.5. The molecule has 5 aromatic rings. The monoisotopic (exact) mass is 616 g/mol. The van der Waals surface area contributed by atoms with E-state index in [0.717, 1.165) is 17.1 Å². The van der Waals surface area contributed by atoms with Crippen molar-refractivity contribution in [3.63, 3.8) is 0 Å². The number of nitro benzene ring substituents is 1. The number of hydrogen-bond donors (Lipinski definition) is 1. The van der Waals surface area contributed by atoms with Crippen LogP contribution in [0, 0.1) is 29.8 Å². The highest BCUT2D eigenvalue weighted by Gasteiger charge is 2.21. The molecule has 1 N–H and O–H groups in total. The average molecular weight is 617 g/mol. The number of nitro groups is 1. The number of benzene rings is 3. The highest BCUT2D eigenvalue weighted by atomic mass is 35.5. The van der Waals surface area contributed by atoms with Gasteiger partial charge >= 0.3 is 11.6 Å². The van der Waals surface area contributed by atoms with Crippen molar-refractivity contribution in [2.24, 2.45) is 5.10 Å². The second kappa shape index (κ2) is 13.3. The first-order valence-electron chi connectivity index (χ1n) is 13.3. The summed E-state index contributed by atoms with van der Waals surface area (Å²) in [7, 11) is 0. The van der Waals surface area contributed by atoms with Gasteiger partial charge < -0.3 is 18.5 Å². The Hall–Kier alpha value is -5.42. The van der Waals surface area contributed by atoms with Crippen molar-refractivity contribution in [3.05, 3.63) is 140 Å². The summed E-state index contributed by atoms with van der Waals surface area (Å²) in [5.74, 6) is -0.111. The number of rotatable bonds is 11. The summed E-state index contributed by atoms with van der Waals surface area (Å²) < 4.78 is 32.2. The topological polar surface area (TPSA) is 121 Å². The number of aryl methyl sites for hydroxylation is 2. The average Bonchev–Trinajstić information content (AvgIpc) is 3.62. The van der Waals surface area contributed by atoms with E-state index in [1.165, 1.54) is 48.7 Å². The van der Waals surface area contributed by atoms with Crippen LogP contribution in [0.2, 0.25) is 5.02 Å². The fourth-order valence-corrected chi connectivity index (χ4v) is 4.69. The van der Waals surface area contributed by atoms with Crippen LogP contribution in [0.4, 0.5) is 10.1 Å². The molecule has 1 amide bonds. The highest BCUT2D eigenvalue weighted by Crippen LogP contribution is 2.36. The van der Waals surface area contributed by atoms with Gasteiger partial charge in [0.25, 0.3) is 0 Å². The highest BCUT2D eigenvalue weighted by molar-refractivity contribution is 6.32. The molecule has 2 heterocycles. The molecule has 5 rings (SSSR count). The summed E-state index contributed by atoms with van der Waals surface area (Å²) in [6.07, 6.45) is 1.20. The van der Waals surface area contributed by atoms with Crippen LogP contribution in [-0.4, -0.2) is 21.6 Å². The lowest BCUT2D eigenvalue weighted by Gasteiger charge is -2.10. The molecule has 44 heavy (non-hydrogen) atoms. The molecule has 0 atom stereocenters. The fourth-order valence-electron chi connectivity index (χ4n) is 4.41. The molecule has 0 aliphatic heterocycles. The molecule has 3 aromatic carbocycles. The van der Waals surface area contributed by atoms with Gasteiger partial charge in [0, 0.05) is 28.7 Å². The number of aromatic nitrogens is 1. The number of amides is 1. The molecule has 0 spiro atoms. The first-order valence-corrected chi connectivity index (χ1v) is 13.7. The minimum absolute atomic E-state index is 0.00297. The molecule has 10 nitrogen and oxygen atoms in total. The van der Waals surface area contributed by atoms with E-state index >= 15 is 0 Å². The Morgan fingerprint density at radius 2 is 1.70 bits per heavy atom. The van der Waals surface area contributed by atoms with Crippen LogP contribution in [0.5, 0.6) is 11.5 Å². The van der Waals surface area contributed by atoms with Crippen molar-refractivity contribution in [1.29, 1.82) is 0 Å². The Bertz CT molecular complexity index is 1810. The van der Waals surface area contributed by atoms with Crippen LogP contribution in [0.15, 0.2) is 94.4 Å². The number of nitrogens with zero attached hydrogens (tertiary/aromatic N) is 3. The largest absolute Gasteiger partial charge is 0.486 e. The Kier molecular flexibility index (Phi) is 9.06. The smallest absolute Gasteiger partial charge is 0.313 e. The van der Waals surface area contributed by atoms with Crippen molar-refractivity contribution in [2.75, 3.05) is 0 Å². The van der Waals surface area contributed by atoms with E-state index in [0.29, 0.717) is 17.1 Å². The van der Waals surface area contributed by atoms with Crippen LogP contribution in [0.1, 0.15) is 38.8 Å². The predicted molar refractivity (Wildman–Crippen MR) is 162 cm³/mol. The Morgan fingerprint density at radius 3 is 2.39 bits per heavy atom. The molecule has 12 heteroatoms. The third-order valence-electron chi connectivity index (χ3n) is 6.55. The zero-order valence-electron chi connectivity index (χ0n) is 23.6. The maximum absolute atomic E-state index is 13.1. The van der Waals surface area contributed by atoms with E-state index in [9.17, 15) is 19.3 Å². The minimum atomic E-state index is -0.646.